The minimum absolute atomic E-state index is 0.0931. The summed E-state index contributed by atoms with van der Waals surface area (Å²) in [4.78, 5) is 0. The van der Waals surface area contributed by atoms with Crippen LogP contribution in [-0.2, 0) is 19.0 Å². The minimum atomic E-state index is -4.54. The molecular weight excluding hydrogens is 282 g/mol. The second-order valence-electron chi connectivity index (χ2n) is 3.74. The van der Waals surface area contributed by atoms with E-state index >= 15 is 0 Å². The van der Waals surface area contributed by atoms with E-state index in [1.54, 1.807) is 18.2 Å². The second-order valence-corrected chi connectivity index (χ2v) is 4.69. The quantitative estimate of drug-likeness (QED) is 0.642. The highest BCUT2D eigenvalue weighted by atomic mass is 32.2. The first-order valence-corrected chi connectivity index (χ1v) is 6.21. The summed E-state index contributed by atoms with van der Waals surface area (Å²) in [5.74, 6) is -1.27. The summed E-state index contributed by atoms with van der Waals surface area (Å²) in [6.45, 7) is 0. The van der Waals surface area contributed by atoms with Gasteiger partial charge < -0.3 is 4.57 Å². The minimum Gasteiger partial charge on any atom is -0.302 e. The molecule has 19 heavy (non-hydrogen) atoms. The molecule has 0 unspecified atom stereocenters. The SMILES string of the molecule is Cn1c(SCc2ccccc2F)nnc1C(F)(F)F. The maximum Gasteiger partial charge on any atom is 0.451 e. The van der Waals surface area contributed by atoms with Gasteiger partial charge in [-0.1, -0.05) is 30.0 Å². The zero-order valence-electron chi connectivity index (χ0n) is 9.78. The monoisotopic (exact) mass is 291 g/mol. The van der Waals surface area contributed by atoms with Crippen molar-refractivity contribution in [3.8, 4) is 0 Å². The Morgan fingerprint density at radius 2 is 1.89 bits per heavy atom. The van der Waals surface area contributed by atoms with Gasteiger partial charge in [0.1, 0.15) is 5.82 Å². The van der Waals surface area contributed by atoms with E-state index in [0.29, 0.717) is 5.56 Å². The Hall–Kier alpha value is -1.57. The van der Waals surface area contributed by atoms with Gasteiger partial charge in [-0.15, -0.1) is 10.2 Å². The highest BCUT2D eigenvalue weighted by Gasteiger charge is 2.37. The molecule has 8 heteroatoms. The lowest BCUT2D eigenvalue weighted by atomic mass is 10.2. The number of hydrogen-bond donors (Lipinski definition) is 0. The lowest BCUT2D eigenvalue weighted by molar-refractivity contribution is -0.147. The molecule has 0 bridgehead atoms. The summed E-state index contributed by atoms with van der Waals surface area (Å²) in [5.41, 5.74) is 0.407. The van der Waals surface area contributed by atoms with E-state index in [0.717, 1.165) is 16.3 Å². The second kappa shape index (κ2) is 5.20. The number of thioether (sulfide) groups is 1. The van der Waals surface area contributed by atoms with Gasteiger partial charge in [0.15, 0.2) is 5.16 Å². The van der Waals surface area contributed by atoms with Crippen LogP contribution in [0.25, 0.3) is 0 Å². The summed E-state index contributed by atoms with van der Waals surface area (Å²) >= 11 is 1.00. The van der Waals surface area contributed by atoms with Gasteiger partial charge in [0.2, 0.25) is 5.82 Å². The van der Waals surface area contributed by atoms with Gasteiger partial charge in [-0.3, -0.25) is 0 Å². The van der Waals surface area contributed by atoms with Crippen LogP contribution in [0.1, 0.15) is 11.4 Å². The molecule has 0 spiro atoms. The van der Waals surface area contributed by atoms with E-state index in [4.69, 9.17) is 0 Å². The predicted molar refractivity (Wildman–Crippen MR) is 62.0 cm³/mol. The highest BCUT2D eigenvalue weighted by molar-refractivity contribution is 7.98. The van der Waals surface area contributed by atoms with E-state index in [-0.39, 0.29) is 10.9 Å². The van der Waals surface area contributed by atoms with Crippen LogP contribution < -0.4 is 0 Å². The van der Waals surface area contributed by atoms with Crippen LogP contribution in [0.3, 0.4) is 0 Å². The summed E-state index contributed by atoms with van der Waals surface area (Å²) in [6.07, 6.45) is -4.54. The summed E-state index contributed by atoms with van der Waals surface area (Å²) < 4.78 is 51.7. The van der Waals surface area contributed by atoms with Crippen molar-refractivity contribution in [1.82, 2.24) is 14.8 Å². The van der Waals surface area contributed by atoms with E-state index < -0.39 is 17.8 Å². The molecule has 0 amide bonds. The average molecular weight is 291 g/mol. The standard InChI is InChI=1S/C11H9F4N3S/c1-18-9(11(13,14)15)16-17-10(18)19-6-7-4-2-3-5-8(7)12/h2-5H,6H2,1H3. The number of rotatable bonds is 3. The van der Waals surface area contributed by atoms with Crippen LogP contribution >= 0.6 is 11.8 Å². The maximum absolute atomic E-state index is 13.4. The lowest BCUT2D eigenvalue weighted by Crippen LogP contribution is -2.12. The zero-order valence-corrected chi connectivity index (χ0v) is 10.6. The van der Waals surface area contributed by atoms with Gasteiger partial charge in [0, 0.05) is 12.8 Å². The molecular formula is C11H9F4N3S. The Labute approximate surface area is 110 Å². The molecule has 0 N–H and O–H groups in total. The molecule has 0 aliphatic carbocycles. The van der Waals surface area contributed by atoms with E-state index in [1.165, 1.54) is 13.1 Å². The Balaban J connectivity index is 2.13. The van der Waals surface area contributed by atoms with Crippen molar-refractivity contribution in [2.75, 3.05) is 0 Å². The third-order valence-corrected chi connectivity index (χ3v) is 3.47. The lowest BCUT2D eigenvalue weighted by Gasteiger charge is -2.06. The van der Waals surface area contributed by atoms with Crippen LogP contribution in [0.4, 0.5) is 17.6 Å². The first-order chi connectivity index (χ1) is 8.89. The molecule has 1 aromatic carbocycles. The molecule has 1 heterocycles. The van der Waals surface area contributed by atoms with Gasteiger partial charge in [0.25, 0.3) is 0 Å². The molecule has 0 aliphatic rings. The molecule has 0 saturated carbocycles. The number of aromatic nitrogens is 3. The number of hydrogen-bond acceptors (Lipinski definition) is 3. The molecule has 0 fully saturated rings. The molecule has 0 aliphatic heterocycles. The van der Waals surface area contributed by atoms with Crippen LogP contribution in [0.15, 0.2) is 29.4 Å². The van der Waals surface area contributed by atoms with E-state index in [1.807, 2.05) is 0 Å². The molecule has 3 nitrogen and oxygen atoms in total. The van der Waals surface area contributed by atoms with Gasteiger partial charge in [-0.25, -0.2) is 4.39 Å². The molecule has 0 atom stereocenters. The Kier molecular flexibility index (Phi) is 3.79. The summed E-state index contributed by atoms with van der Waals surface area (Å²) in [6, 6.07) is 6.08. The smallest absolute Gasteiger partial charge is 0.302 e. The molecule has 1 aromatic heterocycles. The molecule has 2 rings (SSSR count). The maximum atomic E-state index is 13.4. The van der Waals surface area contributed by atoms with Crippen molar-refractivity contribution in [3.05, 3.63) is 41.5 Å². The van der Waals surface area contributed by atoms with E-state index in [9.17, 15) is 17.6 Å². The number of alkyl halides is 3. The topological polar surface area (TPSA) is 30.7 Å². The largest absolute Gasteiger partial charge is 0.451 e. The molecule has 102 valence electrons. The van der Waals surface area contributed by atoms with Crippen molar-refractivity contribution >= 4 is 11.8 Å². The Morgan fingerprint density at radius 1 is 1.21 bits per heavy atom. The first kappa shape index (κ1) is 13.9. The van der Waals surface area contributed by atoms with Gasteiger partial charge in [0.05, 0.1) is 0 Å². The van der Waals surface area contributed by atoms with Crippen LogP contribution in [-0.4, -0.2) is 14.8 Å². The fraction of sp³-hybridized carbons (Fsp3) is 0.273. The van der Waals surface area contributed by atoms with Crippen molar-refractivity contribution in [2.45, 2.75) is 17.1 Å². The fourth-order valence-corrected chi connectivity index (χ4v) is 2.34. The van der Waals surface area contributed by atoms with Crippen molar-refractivity contribution < 1.29 is 17.6 Å². The number of nitrogens with zero attached hydrogens (tertiary/aromatic N) is 3. The third kappa shape index (κ3) is 3.06. The highest BCUT2D eigenvalue weighted by Crippen LogP contribution is 2.30. The van der Waals surface area contributed by atoms with E-state index in [2.05, 4.69) is 10.2 Å². The van der Waals surface area contributed by atoms with Gasteiger partial charge in [-0.05, 0) is 11.6 Å². The number of benzene rings is 1. The molecule has 0 saturated heterocycles. The van der Waals surface area contributed by atoms with Crippen LogP contribution in [0, 0.1) is 5.82 Å². The van der Waals surface area contributed by atoms with Gasteiger partial charge in [-0.2, -0.15) is 13.2 Å². The normalized spacial score (nSPS) is 11.8. The third-order valence-electron chi connectivity index (χ3n) is 2.40. The number of halogens is 4. The Bertz CT molecular complexity index is 580. The predicted octanol–water partition coefficient (Wildman–Crippen LogP) is 3.27. The fourth-order valence-electron chi connectivity index (χ4n) is 1.45. The summed E-state index contributed by atoms with van der Waals surface area (Å²) in [5, 5.41) is 6.65. The summed E-state index contributed by atoms with van der Waals surface area (Å²) in [7, 11) is 1.23. The zero-order chi connectivity index (χ0) is 14.0. The molecule has 0 radical (unpaired) electrons. The van der Waals surface area contributed by atoms with Crippen LogP contribution in [0.2, 0.25) is 0 Å². The van der Waals surface area contributed by atoms with Crippen molar-refractivity contribution in [2.24, 2.45) is 7.05 Å². The van der Waals surface area contributed by atoms with Crippen molar-refractivity contribution in [1.29, 1.82) is 0 Å². The first-order valence-electron chi connectivity index (χ1n) is 5.22. The Morgan fingerprint density at radius 3 is 2.47 bits per heavy atom. The average Bonchev–Trinajstić information content (AvgIpc) is 2.69. The van der Waals surface area contributed by atoms with Gasteiger partial charge >= 0.3 is 6.18 Å². The molecule has 2 aromatic rings. The van der Waals surface area contributed by atoms with Crippen LogP contribution in [0.5, 0.6) is 0 Å². The van der Waals surface area contributed by atoms with Crippen molar-refractivity contribution in [3.63, 3.8) is 0 Å².